The summed E-state index contributed by atoms with van der Waals surface area (Å²) in [6, 6.07) is 14.0. The SMILES string of the molecule is CC(=O)c1ccc(N(C)Cc2ccc(C)cc2)cc1Cl. The molecule has 2 nitrogen and oxygen atoms in total. The molecule has 2 rings (SSSR count). The summed E-state index contributed by atoms with van der Waals surface area (Å²) >= 11 is 6.14. The van der Waals surface area contributed by atoms with Crippen molar-refractivity contribution < 1.29 is 4.79 Å². The third-order valence-electron chi connectivity index (χ3n) is 3.31. The molecule has 3 heteroatoms. The highest BCUT2D eigenvalue weighted by molar-refractivity contribution is 6.34. The molecule has 2 aromatic carbocycles. The Morgan fingerprint density at radius 3 is 2.35 bits per heavy atom. The van der Waals surface area contributed by atoms with Crippen molar-refractivity contribution in [3.8, 4) is 0 Å². The number of nitrogens with zero attached hydrogens (tertiary/aromatic N) is 1. The standard InChI is InChI=1S/C17H18ClNO/c1-12-4-6-14(7-5-12)11-19(3)15-8-9-16(13(2)20)17(18)10-15/h4-10H,11H2,1-3H3. The molecule has 0 aliphatic rings. The van der Waals surface area contributed by atoms with E-state index < -0.39 is 0 Å². The summed E-state index contributed by atoms with van der Waals surface area (Å²) < 4.78 is 0. The van der Waals surface area contributed by atoms with Gasteiger partial charge in [0.1, 0.15) is 0 Å². The van der Waals surface area contributed by atoms with Crippen LogP contribution in [0.15, 0.2) is 42.5 Å². The fraction of sp³-hybridized carbons (Fsp3) is 0.235. The van der Waals surface area contributed by atoms with Crippen LogP contribution in [0.5, 0.6) is 0 Å². The normalized spacial score (nSPS) is 10.4. The lowest BCUT2D eigenvalue weighted by Crippen LogP contribution is -2.16. The molecule has 0 aromatic heterocycles. The molecule has 0 heterocycles. The van der Waals surface area contributed by atoms with Gasteiger partial charge in [0.25, 0.3) is 0 Å². The lowest BCUT2D eigenvalue weighted by molar-refractivity contribution is 0.101. The van der Waals surface area contributed by atoms with Crippen molar-refractivity contribution in [2.45, 2.75) is 20.4 Å². The number of ketones is 1. The number of hydrogen-bond donors (Lipinski definition) is 0. The van der Waals surface area contributed by atoms with Crippen molar-refractivity contribution in [1.29, 1.82) is 0 Å². The Bertz CT molecular complexity index is 619. The van der Waals surface area contributed by atoms with Crippen molar-refractivity contribution in [2.75, 3.05) is 11.9 Å². The van der Waals surface area contributed by atoms with E-state index >= 15 is 0 Å². The maximum absolute atomic E-state index is 11.4. The van der Waals surface area contributed by atoms with E-state index in [9.17, 15) is 4.79 Å². The van der Waals surface area contributed by atoms with E-state index in [0.29, 0.717) is 10.6 Å². The molecule has 0 bridgehead atoms. The average Bonchev–Trinajstić information content (AvgIpc) is 2.40. The van der Waals surface area contributed by atoms with Crippen LogP contribution in [0.25, 0.3) is 0 Å². The highest BCUT2D eigenvalue weighted by atomic mass is 35.5. The average molecular weight is 288 g/mol. The predicted molar refractivity (Wildman–Crippen MR) is 84.7 cm³/mol. The zero-order valence-corrected chi connectivity index (χ0v) is 12.7. The molecule has 0 fully saturated rings. The van der Waals surface area contributed by atoms with E-state index in [-0.39, 0.29) is 5.78 Å². The molecule has 104 valence electrons. The predicted octanol–water partition coefficient (Wildman–Crippen LogP) is 4.49. The van der Waals surface area contributed by atoms with Crippen molar-refractivity contribution in [3.05, 3.63) is 64.2 Å². The number of aryl methyl sites for hydroxylation is 1. The van der Waals surface area contributed by atoms with Gasteiger partial charge < -0.3 is 4.90 Å². The van der Waals surface area contributed by atoms with E-state index in [4.69, 9.17) is 11.6 Å². The Hall–Kier alpha value is -1.80. The topological polar surface area (TPSA) is 20.3 Å². The van der Waals surface area contributed by atoms with Gasteiger partial charge >= 0.3 is 0 Å². The number of anilines is 1. The van der Waals surface area contributed by atoms with Crippen molar-refractivity contribution in [1.82, 2.24) is 0 Å². The van der Waals surface area contributed by atoms with Crippen LogP contribution in [0.2, 0.25) is 5.02 Å². The fourth-order valence-corrected chi connectivity index (χ4v) is 2.39. The molecule has 0 spiro atoms. The van der Waals surface area contributed by atoms with Gasteiger partial charge in [0, 0.05) is 24.8 Å². The smallest absolute Gasteiger partial charge is 0.161 e. The van der Waals surface area contributed by atoms with E-state index in [0.717, 1.165) is 12.2 Å². The van der Waals surface area contributed by atoms with E-state index in [1.165, 1.54) is 18.1 Å². The van der Waals surface area contributed by atoms with Crippen LogP contribution in [0.3, 0.4) is 0 Å². The number of Topliss-reactive ketones (excluding diaryl/α,β-unsaturated/α-hetero) is 1. The minimum atomic E-state index is -0.0114. The van der Waals surface area contributed by atoms with Gasteiger partial charge in [0.15, 0.2) is 5.78 Å². The second-order valence-corrected chi connectivity index (χ2v) is 5.47. The quantitative estimate of drug-likeness (QED) is 0.772. The number of hydrogen-bond acceptors (Lipinski definition) is 2. The first-order chi connectivity index (χ1) is 9.47. The third kappa shape index (κ3) is 3.40. The summed E-state index contributed by atoms with van der Waals surface area (Å²) in [4.78, 5) is 13.5. The van der Waals surface area contributed by atoms with Gasteiger partial charge in [-0.2, -0.15) is 0 Å². The molecule has 0 saturated heterocycles. The number of carbonyl (C=O) groups excluding carboxylic acids is 1. The van der Waals surface area contributed by atoms with Crippen molar-refractivity contribution in [3.63, 3.8) is 0 Å². The van der Waals surface area contributed by atoms with Crippen molar-refractivity contribution in [2.24, 2.45) is 0 Å². The summed E-state index contributed by atoms with van der Waals surface area (Å²) in [5.74, 6) is -0.0114. The van der Waals surface area contributed by atoms with Crippen molar-refractivity contribution >= 4 is 23.1 Å². The molecule has 0 radical (unpaired) electrons. The first-order valence-electron chi connectivity index (χ1n) is 6.54. The highest BCUT2D eigenvalue weighted by Crippen LogP contribution is 2.24. The van der Waals surface area contributed by atoms with E-state index in [2.05, 4.69) is 36.1 Å². The molecule has 0 atom stereocenters. The number of halogens is 1. The van der Waals surface area contributed by atoms with E-state index in [1.807, 2.05) is 19.2 Å². The first kappa shape index (κ1) is 14.6. The fourth-order valence-electron chi connectivity index (χ4n) is 2.09. The van der Waals surface area contributed by atoms with Crippen LogP contribution in [0, 0.1) is 6.92 Å². The van der Waals surface area contributed by atoms with Gasteiger partial charge in [-0.25, -0.2) is 0 Å². The van der Waals surface area contributed by atoms with Gasteiger partial charge in [-0.1, -0.05) is 41.4 Å². The van der Waals surface area contributed by atoms with Crippen LogP contribution >= 0.6 is 11.6 Å². The molecule has 0 aliphatic carbocycles. The van der Waals surface area contributed by atoms with Crippen LogP contribution in [-0.4, -0.2) is 12.8 Å². The zero-order chi connectivity index (χ0) is 14.7. The molecule has 0 amide bonds. The van der Waals surface area contributed by atoms with Gasteiger partial charge in [-0.15, -0.1) is 0 Å². The third-order valence-corrected chi connectivity index (χ3v) is 3.63. The summed E-state index contributed by atoms with van der Waals surface area (Å²) in [6.45, 7) is 4.40. The first-order valence-corrected chi connectivity index (χ1v) is 6.92. The number of rotatable bonds is 4. The van der Waals surface area contributed by atoms with Gasteiger partial charge in [-0.05, 0) is 37.6 Å². The Balaban J connectivity index is 2.17. The minimum absolute atomic E-state index is 0.0114. The Morgan fingerprint density at radius 2 is 1.80 bits per heavy atom. The minimum Gasteiger partial charge on any atom is -0.370 e. The monoisotopic (exact) mass is 287 g/mol. The summed E-state index contributed by atoms with van der Waals surface area (Å²) in [7, 11) is 2.01. The Kier molecular flexibility index (Phi) is 4.46. The van der Waals surface area contributed by atoms with Gasteiger partial charge in [-0.3, -0.25) is 4.79 Å². The maximum atomic E-state index is 11.4. The van der Waals surface area contributed by atoms with E-state index in [1.54, 1.807) is 6.07 Å². The molecular formula is C17H18ClNO. The zero-order valence-electron chi connectivity index (χ0n) is 12.0. The molecule has 0 N–H and O–H groups in total. The number of benzene rings is 2. The second-order valence-electron chi connectivity index (χ2n) is 5.06. The molecule has 0 unspecified atom stereocenters. The molecule has 2 aromatic rings. The van der Waals surface area contributed by atoms with Crippen LogP contribution in [-0.2, 0) is 6.54 Å². The highest BCUT2D eigenvalue weighted by Gasteiger charge is 2.09. The van der Waals surface area contributed by atoms with Gasteiger partial charge in [0.05, 0.1) is 5.02 Å². The summed E-state index contributed by atoms with van der Waals surface area (Å²) in [5.41, 5.74) is 4.06. The second kappa shape index (κ2) is 6.10. The molecular weight excluding hydrogens is 270 g/mol. The lowest BCUT2D eigenvalue weighted by atomic mass is 10.1. The van der Waals surface area contributed by atoms with Crippen LogP contribution < -0.4 is 4.90 Å². The van der Waals surface area contributed by atoms with Crippen LogP contribution in [0.4, 0.5) is 5.69 Å². The number of carbonyl (C=O) groups is 1. The molecule has 20 heavy (non-hydrogen) atoms. The molecule has 0 saturated carbocycles. The summed E-state index contributed by atoms with van der Waals surface area (Å²) in [5, 5.41) is 0.505. The summed E-state index contributed by atoms with van der Waals surface area (Å²) in [6.07, 6.45) is 0. The largest absolute Gasteiger partial charge is 0.370 e. The lowest BCUT2D eigenvalue weighted by Gasteiger charge is -2.20. The molecule has 0 aliphatic heterocycles. The maximum Gasteiger partial charge on any atom is 0.161 e. The Labute approximate surface area is 125 Å². The van der Waals surface area contributed by atoms with Crippen LogP contribution in [0.1, 0.15) is 28.4 Å². The van der Waals surface area contributed by atoms with Gasteiger partial charge in [0.2, 0.25) is 0 Å². The Morgan fingerprint density at radius 1 is 1.15 bits per heavy atom.